The van der Waals surface area contributed by atoms with Gasteiger partial charge in [0.2, 0.25) is 0 Å². The molecule has 1 amide bonds. The summed E-state index contributed by atoms with van der Waals surface area (Å²) in [7, 11) is 0. The molecule has 0 bridgehead atoms. The van der Waals surface area contributed by atoms with Gasteiger partial charge < -0.3 is 5.32 Å². The van der Waals surface area contributed by atoms with Crippen molar-refractivity contribution in [1.82, 2.24) is 5.32 Å². The first-order valence-electron chi connectivity index (χ1n) is 4.56. The predicted molar refractivity (Wildman–Crippen MR) is 48.5 cm³/mol. The maximum atomic E-state index is 11.0. The van der Waals surface area contributed by atoms with Crippen LogP contribution in [0.25, 0.3) is 0 Å². The van der Waals surface area contributed by atoms with Gasteiger partial charge in [-0.1, -0.05) is 25.2 Å². The number of amides is 1. The second kappa shape index (κ2) is 4.82. The van der Waals surface area contributed by atoms with E-state index in [2.05, 4.69) is 17.2 Å². The lowest BCUT2D eigenvalue weighted by Gasteiger charge is -2.21. The summed E-state index contributed by atoms with van der Waals surface area (Å²) in [6.07, 6.45) is 6.04. The Morgan fingerprint density at radius 3 is 2.58 bits per heavy atom. The van der Waals surface area contributed by atoms with E-state index < -0.39 is 0 Å². The van der Waals surface area contributed by atoms with E-state index in [0.29, 0.717) is 6.04 Å². The third kappa shape index (κ3) is 2.96. The highest BCUT2D eigenvalue weighted by Gasteiger charge is 2.13. The van der Waals surface area contributed by atoms with Crippen LogP contribution in [0.15, 0.2) is 0 Å². The molecule has 2 nitrogen and oxygen atoms in total. The molecule has 0 aliphatic heterocycles. The third-order valence-corrected chi connectivity index (χ3v) is 2.18. The number of rotatable bonds is 1. The van der Waals surface area contributed by atoms with E-state index in [1.807, 2.05) is 0 Å². The lowest BCUT2D eigenvalue weighted by atomic mass is 9.95. The van der Waals surface area contributed by atoms with Gasteiger partial charge in [-0.05, 0) is 25.7 Å². The lowest BCUT2D eigenvalue weighted by Crippen LogP contribution is -2.35. The van der Waals surface area contributed by atoms with Gasteiger partial charge in [0.1, 0.15) is 0 Å². The molecule has 1 aliphatic rings. The summed E-state index contributed by atoms with van der Waals surface area (Å²) in [6.45, 7) is 1.68. The molecule has 0 aromatic heterocycles. The van der Waals surface area contributed by atoms with Crippen molar-refractivity contribution in [2.24, 2.45) is 0 Å². The van der Waals surface area contributed by atoms with Crippen molar-refractivity contribution in [1.29, 1.82) is 0 Å². The molecule has 0 heterocycles. The molecule has 0 aromatic carbocycles. The molecule has 0 radical (unpaired) electrons. The van der Waals surface area contributed by atoms with Gasteiger partial charge in [-0.15, -0.1) is 0 Å². The molecular formula is C10H15NO. The first kappa shape index (κ1) is 9.12. The average Bonchev–Trinajstić information content (AvgIpc) is 2.06. The van der Waals surface area contributed by atoms with Crippen LogP contribution in [0.4, 0.5) is 0 Å². The number of carbonyl (C=O) groups is 1. The van der Waals surface area contributed by atoms with Crippen LogP contribution in [0, 0.1) is 11.8 Å². The van der Waals surface area contributed by atoms with Gasteiger partial charge in [-0.3, -0.25) is 4.79 Å². The lowest BCUT2D eigenvalue weighted by molar-refractivity contribution is -0.116. The fourth-order valence-electron chi connectivity index (χ4n) is 1.58. The molecule has 0 unspecified atom stereocenters. The monoisotopic (exact) mass is 165 g/mol. The molecule has 0 atom stereocenters. The van der Waals surface area contributed by atoms with Crippen molar-refractivity contribution >= 4 is 5.91 Å². The van der Waals surface area contributed by atoms with E-state index in [0.717, 1.165) is 12.8 Å². The van der Waals surface area contributed by atoms with E-state index in [4.69, 9.17) is 0 Å². The van der Waals surface area contributed by atoms with Crippen LogP contribution in [-0.2, 0) is 4.79 Å². The zero-order valence-electron chi connectivity index (χ0n) is 7.52. The highest BCUT2D eigenvalue weighted by atomic mass is 16.1. The molecule has 1 fully saturated rings. The molecule has 66 valence electrons. The molecule has 1 aliphatic carbocycles. The summed E-state index contributed by atoms with van der Waals surface area (Å²) in [4.78, 5) is 11.0. The number of carbonyl (C=O) groups excluding carboxylic acids is 1. The zero-order valence-corrected chi connectivity index (χ0v) is 7.52. The van der Waals surface area contributed by atoms with Crippen molar-refractivity contribution in [3.8, 4) is 11.8 Å². The summed E-state index contributed by atoms with van der Waals surface area (Å²) in [6, 6.07) is 0.382. The van der Waals surface area contributed by atoms with Gasteiger partial charge in [0, 0.05) is 6.04 Å². The minimum Gasteiger partial charge on any atom is -0.343 e. The van der Waals surface area contributed by atoms with Crippen molar-refractivity contribution in [3.63, 3.8) is 0 Å². The van der Waals surface area contributed by atoms with Crippen LogP contribution < -0.4 is 5.32 Å². The molecule has 0 saturated heterocycles. The van der Waals surface area contributed by atoms with Crippen LogP contribution in [0.3, 0.4) is 0 Å². The van der Waals surface area contributed by atoms with E-state index in [-0.39, 0.29) is 5.91 Å². The molecule has 1 N–H and O–H groups in total. The standard InChI is InChI=1S/C10H15NO/c1-2-6-10(12)11-9-7-4-3-5-8-9/h9H,3-5,7-8H2,1H3,(H,11,12). The summed E-state index contributed by atoms with van der Waals surface area (Å²) in [5.74, 6) is 4.97. The van der Waals surface area contributed by atoms with Gasteiger partial charge in [0.25, 0.3) is 5.91 Å². The second-order valence-electron chi connectivity index (χ2n) is 3.18. The highest BCUT2D eigenvalue weighted by Crippen LogP contribution is 2.16. The highest BCUT2D eigenvalue weighted by molar-refractivity contribution is 5.93. The third-order valence-electron chi connectivity index (χ3n) is 2.18. The van der Waals surface area contributed by atoms with E-state index >= 15 is 0 Å². The van der Waals surface area contributed by atoms with Gasteiger partial charge in [-0.25, -0.2) is 0 Å². The summed E-state index contributed by atoms with van der Waals surface area (Å²) in [5.41, 5.74) is 0. The smallest absolute Gasteiger partial charge is 0.296 e. The van der Waals surface area contributed by atoms with Gasteiger partial charge in [-0.2, -0.15) is 0 Å². The minimum atomic E-state index is -0.121. The first-order chi connectivity index (χ1) is 5.83. The molecule has 0 spiro atoms. The fraction of sp³-hybridized carbons (Fsp3) is 0.700. The maximum Gasteiger partial charge on any atom is 0.296 e. The summed E-state index contributed by atoms with van der Waals surface area (Å²) in [5, 5.41) is 2.91. The SMILES string of the molecule is CC#CC(=O)NC1CCCCC1. The predicted octanol–water partition coefficient (Wildman–Crippen LogP) is 1.46. The van der Waals surface area contributed by atoms with E-state index in [9.17, 15) is 4.79 Å². The van der Waals surface area contributed by atoms with Gasteiger partial charge in [0.05, 0.1) is 0 Å². The quantitative estimate of drug-likeness (QED) is 0.585. The van der Waals surface area contributed by atoms with Crippen molar-refractivity contribution in [2.75, 3.05) is 0 Å². The van der Waals surface area contributed by atoms with Gasteiger partial charge >= 0.3 is 0 Å². The Labute approximate surface area is 73.7 Å². The minimum absolute atomic E-state index is 0.121. The zero-order chi connectivity index (χ0) is 8.81. The normalized spacial score (nSPS) is 17.8. The van der Waals surface area contributed by atoms with Crippen LogP contribution in [0.2, 0.25) is 0 Å². The van der Waals surface area contributed by atoms with Crippen molar-refractivity contribution in [2.45, 2.75) is 45.1 Å². The molecule has 2 heteroatoms. The maximum absolute atomic E-state index is 11.0. The number of nitrogens with one attached hydrogen (secondary N) is 1. The first-order valence-corrected chi connectivity index (χ1v) is 4.56. The Morgan fingerprint density at radius 1 is 1.33 bits per heavy atom. The van der Waals surface area contributed by atoms with Crippen LogP contribution in [-0.4, -0.2) is 11.9 Å². The van der Waals surface area contributed by atoms with Crippen LogP contribution in [0.1, 0.15) is 39.0 Å². The summed E-state index contributed by atoms with van der Waals surface area (Å²) < 4.78 is 0. The Kier molecular flexibility index (Phi) is 3.66. The molecule has 1 saturated carbocycles. The van der Waals surface area contributed by atoms with Crippen molar-refractivity contribution < 1.29 is 4.79 Å². The van der Waals surface area contributed by atoms with Gasteiger partial charge in [0.15, 0.2) is 0 Å². The summed E-state index contributed by atoms with van der Waals surface area (Å²) >= 11 is 0. The van der Waals surface area contributed by atoms with E-state index in [1.54, 1.807) is 6.92 Å². The Balaban J connectivity index is 2.27. The molecule has 12 heavy (non-hydrogen) atoms. The Morgan fingerprint density at radius 2 is 2.00 bits per heavy atom. The molecule has 0 aromatic rings. The topological polar surface area (TPSA) is 29.1 Å². The Bertz CT molecular complexity index is 206. The largest absolute Gasteiger partial charge is 0.343 e. The molecular weight excluding hydrogens is 150 g/mol. The van der Waals surface area contributed by atoms with Crippen molar-refractivity contribution in [3.05, 3.63) is 0 Å². The van der Waals surface area contributed by atoms with Crippen LogP contribution in [0.5, 0.6) is 0 Å². The average molecular weight is 165 g/mol. The van der Waals surface area contributed by atoms with E-state index in [1.165, 1.54) is 19.3 Å². The van der Waals surface area contributed by atoms with Crippen LogP contribution >= 0.6 is 0 Å². The fourth-order valence-corrected chi connectivity index (χ4v) is 1.58. The number of hydrogen-bond acceptors (Lipinski definition) is 1. The second-order valence-corrected chi connectivity index (χ2v) is 3.18. The Hall–Kier alpha value is -0.970. The number of hydrogen-bond donors (Lipinski definition) is 1. The molecule has 1 rings (SSSR count).